The lowest BCUT2D eigenvalue weighted by Gasteiger charge is -2.15. The molecular formula is C16H18BrNO2S. The van der Waals surface area contributed by atoms with Crippen molar-refractivity contribution < 1.29 is 8.42 Å². The summed E-state index contributed by atoms with van der Waals surface area (Å²) in [5.41, 5.74) is 9.13. The molecule has 5 heteroatoms. The summed E-state index contributed by atoms with van der Waals surface area (Å²) in [6.45, 7) is 3.96. The van der Waals surface area contributed by atoms with Crippen molar-refractivity contribution in [3.63, 3.8) is 0 Å². The second-order valence-corrected chi connectivity index (χ2v) is 8.10. The zero-order chi connectivity index (χ0) is 15.6. The van der Waals surface area contributed by atoms with E-state index in [1.54, 1.807) is 24.3 Å². The summed E-state index contributed by atoms with van der Waals surface area (Å²) in [6, 6.07) is 12.2. The normalized spacial score (nSPS) is 13.1. The zero-order valence-electron chi connectivity index (χ0n) is 12.0. The van der Waals surface area contributed by atoms with E-state index in [2.05, 4.69) is 15.9 Å². The van der Waals surface area contributed by atoms with Crippen molar-refractivity contribution in [2.45, 2.75) is 24.8 Å². The van der Waals surface area contributed by atoms with Gasteiger partial charge in [0.15, 0.2) is 9.84 Å². The third-order valence-corrected chi connectivity index (χ3v) is 6.02. The third-order valence-electron chi connectivity index (χ3n) is 3.24. The van der Waals surface area contributed by atoms with E-state index in [1.165, 1.54) is 0 Å². The summed E-state index contributed by atoms with van der Waals surface area (Å²) in [6.07, 6.45) is 0. The van der Waals surface area contributed by atoms with Gasteiger partial charge in [-0.2, -0.15) is 0 Å². The van der Waals surface area contributed by atoms with Gasteiger partial charge in [0.1, 0.15) is 0 Å². The molecule has 1 unspecified atom stereocenters. The lowest BCUT2D eigenvalue weighted by atomic mass is 10.0. The Labute approximate surface area is 134 Å². The van der Waals surface area contributed by atoms with Gasteiger partial charge in [-0.15, -0.1) is 0 Å². The number of hydrogen-bond donors (Lipinski definition) is 1. The molecule has 0 radical (unpaired) electrons. The molecule has 112 valence electrons. The van der Waals surface area contributed by atoms with Crippen molar-refractivity contribution >= 4 is 25.8 Å². The molecule has 3 nitrogen and oxygen atoms in total. The second kappa shape index (κ2) is 6.30. The number of halogens is 1. The Hall–Kier alpha value is -1.17. The number of hydrogen-bond acceptors (Lipinski definition) is 3. The monoisotopic (exact) mass is 367 g/mol. The van der Waals surface area contributed by atoms with Crippen LogP contribution in [0.5, 0.6) is 0 Å². The maximum absolute atomic E-state index is 12.5. The molecule has 2 aromatic rings. The Morgan fingerprint density at radius 2 is 1.67 bits per heavy atom. The number of benzene rings is 2. The fourth-order valence-corrected chi connectivity index (χ4v) is 4.86. The molecule has 0 saturated carbocycles. The quantitative estimate of drug-likeness (QED) is 0.898. The number of rotatable bonds is 4. The summed E-state index contributed by atoms with van der Waals surface area (Å²) >= 11 is 3.28. The van der Waals surface area contributed by atoms with Gasteiger partial charge in [-0.1, -0.05) is 41.5 Å². The molecule has 2 rings (SSSR count). The Morgan fingerprint density at radius 1 is 1.10 bits per heavy atom. The van der Waals surface area contributed by atoms with Gasteiger partial charge in [0.2, 0.25) is 0 Å². The summed E-state index contributed by atoms with van der Waals surface area (Å²) in [5.74, 6) is -0.113. The van der Waals surface area contributed by atoms with Gasteiger partial charge in [0.25, 0.3) is 0 Å². The van der Waals surface area contributed by atoms with Crippen LogP contribution < -0.4 is 5.73 Å². The molecule has 1 atom stereocenters. The van der Waals surface area contributed by atoms with Crippen molar-refractivity contribution in [1.29, 1.82) is 0 Å². The van der Waals surface area contributed by atoms with Gasteiger partial charge in [0, 0.05) is 10.5 Å². The molecule has 0 aliphatic heterocycles. The molecule has 2 aromatic carbocycles. The van der Waals surface area contributed by atoms with Crippen LogP contribution in [0.25, 0.3) is 0 Å². The zero-order valence-corrected chi connectivity index (χ0v) is 14.4. The minimum absolute atomic E-state index is 0.113. The fourth-order valence-electron chi connectivity index (χ4n) is 2.34. The topological polar surface area (TPSA) is 60.2 Å². The lowest BCUT2D eigenvalue weighted by molar-refractivity contribution is 0.588. The van der Waals surface area contributed by atoms with Crippen LogP contribution in [0.15, 0.2) is 51.8 Å². The van der Waals surface area contributed by atoms with E-state index in [-0.39, 0.29) is 10.6 Å². The Bertz CT molecular complexity index is 736. The van der Waals surface area contributed by atoms with Crippen molar-refractivity contribution in [2.75, 3.05) is 5.75 Å². The van der Waals surface area contributed by atoms with Gasteiger partial charge in [0.05, 0.1) is 10.6 Å². The average Bonchev–Trinajstić information content (AvgIpc) is 2.37. The van der Waals surface area contributed by atoms with Crippen LogP contribution in [0, 0.1) is 13.8 Å². The van der Waals surface area contributed by atoms with Gasteiger partial charge in [-0.25, -0.2) is 8.42 Å². The minimum atomic E-state index is -3.44. The van der Waals surface area contributed by atoms with Crippen molar-refractivity contribution in [3.8, 4) is 0 Å². The van der Waals surface area contributed by atoms with Gasteiger partial charge >= 0.3 is 0 Å². The molecule has 0 saturated heterocycles. The van der Waals surface area contributed by atoms with E-state index in [0.29, 0.717) is 4.47 Å². The predicted molar refractivity (Wildman–Crippen MR) is 89.0 cm³/mol. The van der Waals surface area contributed by atoms with Crippen LogP contribution in [0.2, 0.25) is 0 Å². The van der Waals surface area contributed by atoms with Gasteiger partial charge < -0.3 is 5.73 Å². The molecule has 2 N–H and O–H groups in total. The number of nitrogens with two attached hydrogens (primary N) is 1. The van der Waals surface area contributed by atoms with Crippen LogP contribution in [-0.4, -0.2) is 14.2 Å². The molecule has 0 heterocycles. The number of aryl methyl sites for hydroxylation is 2. The van der Waals surface area contributed by atoms with E-state index in [4.69, 9.17) is 5.73 Å². The average molecular weight is 368 g/mol. The SMILES string of the molecule is Cc1cc(C)cc(C(N)CS(=O)(=O)c2ccccc2Br)c1. The van der Waals surface area contributed by atoms with Crippen LogP contribution in [0.4, 0.5) is 0 Å². The first-order valence-electron chi connectivity index (χ1n) is 6.60. The molecule has 0 bridgehead atoms. The highest BCUT2D eigenvalue weighted by molar-refractivity contribution is 9.10. The molecule has 21 heavy (non-hydrogen) atoms. The van der Waals surface area contributed by atoms with E-state index in [0.717, 1.165) is 16.7 Å². The highest BCUT2D eigenvalue weighted by atomic mass is 79.9. The third kappa shape index (κ3) is 3.93. The highest BCUT2D eigenvalue weighted by Crippen LogP contribution is 2.25. The summed E-state index contributed by atoms with van der Waals surface area (Å²) in [4.78, 5) is 0.282. The van der Waals surface area contributed by atoms with E-state index >= 15 is 0 Å². The van der Waals surface area contributed by atoms with Crippen LogP contribution >= 0.6 is 15.9 Å². The summed E-state index contributed by atoms with van der Waals surface area (Å²) in [5, 5.41) is 0. The van der Waals surface area contributed by atoms with Crippen LogP contribution in [0.3, 0.4) is 0 Å². The molecule has 0 fully saturated rings. The first-order chi connectivity index (χ1) is 9.79. The minimum Gasteiger partial charge on any atom is -0.323 e. The van der Waals surface area contributed by atoms with Crippen molar-refractivity contribution in [3.05, 3.63) is 63.6 Å². The smallest absolute Gasteiger partial charge is 0.181 e. The first kappa shape index (κ1) is 16.2. The molecule has 0 aliphatic carbocycles. The lowest BCUT2D eigenvalue weighted by Crippen LogP contribution is -2.22. The van der Waals surface area contributed by atoms with Gasteiger partial charge in [-0.3, -0.25) is 0 Å². The second-order valence-electron chi connectivity index (χ2n) is 5.24. The van der Waals surface area contributed by atoms with Crippen molar-refractivity contribution in [1.82, 2.24) is 0 Å². The fraction of sp³-hybridized carbons (Fsp3) is 0.250. The van der Waals surface area contributed by atoms with Crippen LogP contribution in [0.1, 0.15) is 22.7 Å². The van der Waals surface area contributed by atoms with Crippen molar-refractivity contribution in [2.24, 2.45) is 5.73 Å². The first-order valence-corrected chi connectivity index (χ1v) is 9.05. The Balaban J connectivity index is 2.30. The molecule has 0 spiro atoms. The van der Waals surface area contributed by atoms with Gasteiger partial charge in [-0.05, 0) is 47.5 Å². The largest absolute Gasteiger partial charge is 0.323 e. The molecule has 0 aliphatic rings. The predicted octanol–water partition coefficient (Wildman–Crippen LogP) is 3.54. The van der Waals surface area contributed by atoms with E-state index < -0.39 is 15.9 Å². The Morgan fingerprint density at radius 3 is 2.24 bits per heavy atom. The molecule has 0 amide bonds. The number of sulfone groups is 1. The summed E-state index contributed by atoms with van der Waals surface area (Å²) in [7, 11) is -3.44. The molecular weight excluding hydrogens is 350 g/mol. The maximum Gasteiger partial charge on any atom is 0.181 e. The molecule has 0 aromatic heterocycles. The van der Waals surface area contributed by atoms with Crippen LogP contribution in [-0.2, 0) is 9.84 Å². The highest BCUT2D eigenvalue weighted by Gasteiger charge is 2.22. The van der Waals surface area contributed by atoms with E-state index in [9.17, 15) is 8.42 Å². The maximum atomic E-state index is 12.5. The Kier molecular flexibility index (Phi) is 4.86. The standard InChI is InChI=1S/C16H18BrNO2S/c1-11-7-12(2)9-13(8-11)15(18)10-21(19,20)16-6-4-3-5-14(16)17/h3-9,15H,10,18H2,1-2H3. The van der Waals surface area contributed by atoms with E-state index in [1.807, 2.05) is 32.0 Å². The summed E-state index contributed by atoms with van der Waals surface area (Å²) < 4.78 is 25.6.